The van der Waals surface area contributed by atoms with E-state index in [4.69, 9.17) is 0 Å². The zero-order chi connectivity index (χ0) is 17.6. The zero-order valence-electron chi connectivity index (χ0n) is 16.4. The molecular weight excluding hydrogens is 437 g/mol. The number of nitrogens with one attached hydrogen (secondary N) is 2. The molecular formula is C20H34IN5. The van der Waals surface area contributed by atoms with Gasteiger partial charge in [0.1, 0.15) is 0 Å². The van der Waals surface area contributed by atoms with Crippen molar-refractivity contribution in [2.24, 2.45) is 10.9 Å². The summed E-state index contributed by atoms with van der Waals surface area (Å²) < 4.78 is 0. The molecule has 1 aromatic carbocycles. The molecule has 6 heteroatoms. The largest absolute Gasteiger partial charge is 0.369 e. The van der Waals surface area contributed by atoms with E-state index in [1.165, 1.54) is 17.7 Å². The van der Waals surface area contributed by atoms with Crippen molar-refractivity contribution in [3.8, 4) is 0 Å². The van der Waals surface area contributed by atoms with E-state index in [1.807, 2.05) is 7.05 Å². The van der Waals surface area contributed by atoms with E-state index in [9.17, 15) is 0 Å². The van der Waals surface area contributed by atoms with Crippen molar-refractivity contribution in [3.63, 3.8) is 0 Å². The fraction of sp³-hybridized carbons (Fsp3) is 0.650. The molecule has 26 heavy (non-hydrogen) atoms. The van der Waals surface area contributed by atoms with Crippen molar-refractivity contribution >= 4 is 35.6 Å². The number of rotatable bonds is 6. The number of aryl methyl sites for hydroxylation is 1. The molecule has 1 saturated heterocycles. The Balaban J connectivity index is 0.00000243. The minimum atomic E-state index is 0. The van der Waals surface area contributed by atoms with E-state index in [0.717, 1.165) is 57.6 Å². The minimum Gasteiger partial charge on any atom is -0.369 e. The number of nitrogens with zero attached hydrogens (tertiary/aromatic N) is 3. The first kappa shape index (κ1) is 21.3. The Morgan fingerprint density at radius 2 is 1.96 bits per heavy atom. The summed E-state index contributed by atoms with van der Waals surface area (Å²) in [5.41, 5.74) is 2.71. The smallest absolute Gasteiger partial charge is 0.191 e. The third-order valence-corrected chi connectivity index (χ3v) is 5.34. The first-order chi connectivity index (χ1) is 12.2. The fourth-order valence-electron chi connectivity index (χ4n) is 3.46. The molecule has 2 unspecified atom stereocenters. The molecule has 2 N–H and O–H groups in total. The van der Waals surface area contributed by atoms with Crippen LogP contribution in [0.5, 0.6) is 0 Å². The SMILES string of the molecule is CN=C(NCCCN1CCN(c2cccc(C)c2)CC1)NC1CC1C.I. The van der Waals surface area contributed by atoms with Gasteiger partial charge in [-0.15, -0.1) is 24.0 Å². The predicted molar refractivity (Wildman–Crippen MR) is 122 cm³/mol. The second-order valence-electron chi connectivity index (χ2n) is 7.48. The highest BCUT2D eigenvalue weighted by molar-refractivity contribution is 14.0. The van der Waals surface area contributed by atoms with Crippen LogP contribution >= 0.6 is 24.0 Å². The lowest BCUT2D eigenvalue weighted by Gasteiger charge is -2.36. The maximum absolute atomic E-state index is 4.31. The van der Waals surface area contributed by atoms with Gasteiger partial charge in [0.25, 0.3) is 0 Å². The molecule has 1 aliphatic carbocycles. The van der Waals surface area contributed by atoms with Gasteiger partial charge in [-0.3, -0.25) is 9.89 Å². The molecule has 2 fully saturated rings. The van der Waals surface area contributed by atoms with Gasteiger partial charge in [0.2, 0.25) is 0 Å². The van der Waals surface area contributed by atoms with E-state index in [1.54, 1.807) is 0 Å². The van der Waals surface area contributed by atoms with Crippen molar-refractivity contribution in [2.75, 3.05) is 51.2 Å². The number of piperazine rings is 1. The van der Waals surface area contributed by atoms with Gasteiger partial charge in [-0.2, -0.15) is 0 Å². The second kappa shape index (κ2) is 10.3. The molecule has 2 atom stereocenters. The Morgan fingerprint density at radius 3 is 2.58 bits per heavy atom. The van der Waals surface area contributed by atoms with Gasteiger partial charge in [0, 0.05) is 51.5 Å². The Bertz CT molecular complexity index is 583. The summed E-state index contributed by atoms with van der Waals surface area (Å²) in [5.74, 6) is 1.75. The van der Waals surface area contributed by atoms with Crippen LogP contribution < -0.4 is 15.5 Å². The lowest BCUT2D eigenvalue weighted by Crippen LogP contribution is -2.47. The third kappa shape index (κ3) is 6.30. The summed E-state index contributed by atoms with van der Waals surface area (Å²) in [6, 6.07) is 9.47. The first-order valence-corrected chi connectivity index (χ1v) is 9.67. The van der Waals surface area contributed by atoms with Crippen molar-refractivity contribution < 1.29 is 0 Å². The van der Waals surface area contributed by atoms with Gasteiger partial charge in [-0.25, -0.2) is 0 Å². The van der Waals surface area contributed by atoms with Gasteiger partial charge in [0.15, 0.2) is 5.96 Å². The van der Waals surface area contributed by atoms with Crippen molar-refractivity contribution in [2.45, 2.75) is 32.7 Å². The Hall–Kier alpha value is -1.02. The molecule has 0 spiro atoms. The molecule has 1 aliphatic heterocycles. The topological polar surface area (TPSA) is 42.9 Å². The fourth-order valence-corrected chi connectivity index (χ4v) is 3.46. The van der Waals surface area contributed by atoms with E-state index in [-0.39, 0.29) is 24.0 Å². The standard InChI is InChI=1S/C20H33N5.HI/c1-16-6-4-7-18(14-16)25-12-10-24(11-13-25)9-5-8-22-20(21-3)23-19-15-17(19)2;/h4,6-7,14,17,19H,5,8-13,15H2,1-3H3,(H2,21,22,23);1H. The summed E-state index contributed by atoms with van der Waals surface area (Å²) in [4.78, 5) is 9.39. The number of anilines is 1. The van der Waals surface area contributed by atoms with Crippen LogP contribution in [0.4, 0.5) is 5.69 Å². The van der Waals surface area contributed by atoms with Gasteiger partial charge in [0.05, 0.1) is 0 Å². The van der Waals surface area contributed by atoms with Crippen LogP contribution in [0.3, 0.4) is 0 Å². The van der Waals surface area contributed by atoms with E-state index in [2.05, 4.69) is 63.5 Å². The van der Waals surface area contributed by atoms with Gasteiger partial charge in [-0.05, 0) is 49.9 Å². The number of halogens is 1. The molecule has 0 radical (unpaired) electrons. The normalized spacial score (nSPS) is 23.3. The average molecular weight is 471 g/mol. The van der Waals surface area contributed by atoms with Crippen LogP contribution in [0, 0.1) is 12.8 Å². The summed E-state index contributed by atoms with van der Waals surface area (Å²) in [6.45, 7) is 11.1. The monoisotopic (exact) mass is 471 g/mol. The zero-order valence-corrected chi connectivity index (χ0v) is 18.7. The predicted octanol–water partition coefficient (Wildman–Crippen LogP) is 2.70. The average Bonchev–Trinajstić information content (AvgIpc) is 3.33. The van der Waals surface area contributed by atoms with Gasteiger partial charge >= 0.3 is 0 Å². The molecule has 1 saturated carbocycles. The number of benzene rings is 1. The van der Waals surface area contributed by atoms with Crippen molar-refractivity contribution in [1.82, 2.24) is 15.5 Å². The van der Waals surface area contributed by atoms with Crippen LogP contribution in [0.2, 0.25) is 0 Å². The molecule has 0 bridgehead atoms. The van der Waals surface area contributed by atoms with Crippen LogP contribution in [-0.4, -0.2) is 63.2 Å². The number of hydrogen-bond donors (Lipinski definition) is 2. The van der Waals surface area contributed by atoms with Crippen molar-refractivity contribution in [1.29, 1.82) is 0 Å². The van der Waals surface area contributed by atoms with E-state index < -0.39 is 0 Å². The molecule has 2 aliphatic rings. The van der Waals surface area contributed by atoms with Gasteiger partial charge in [-0.1, -0.05) is 19.1 Å². The first-order valence-electron chi connectivity index (χ1n) is 9.67. The molecule has 1 heterocycles. The second-order valence-corrected chi connectivity index (χ2v) is 7.48. The summed E-state index contributed by atoms with van der Waals surface area (Å²) in [5, 5.41) is 6.92. The number of aliphatic imine (C=N–C) groups is 1. The summed E-state index contributed by atoms with van der Waals surface area (Å²) in [7, 11) is 1.85. The quantitative estimate of drug-likeness (QED) is 0.290. The van der Waals surface area contributed by atoms with E-state index in [0.29, 0.717) is 6.04 Å². The molecule has 146 valence electrons. The molecule has 0 amide bonds. The third-order valence-electron chi connectivity index (χ3n) is 5.34. The Labute approximate surface area is 175 Å². The van der Waals surface area contributed by atoms with Crippen LogP contribution in [0.25, 0.3) is 0 Å². The lowest BCUT2D eigenvalue weighted by atomic mass is 10.2. The highest BCUT2D eigenvalue weighted by atomic mass is 127. The van der Waals surface area contributed by atoms with Crippen LogP contribution in [0.1, 0.15) is 25.3 Å². The highest BCUT2D eigenvalue weighted by Crippen LogP contribution is 2.28. The maximum Gasteiger partial charge on any atom is 0.191 e. The van der Waals surface area contributed by atoms with Gasteiger partial charge < -0.3 is 15.5 Å². The Morgan fingerprint density at radius 1 is 1.23 bits per heavy atom. The Kier molecular flexibility index (Phi) is 8.47. The molecule has 0 aromatic heterocycles. The number of guanidine groups is 1. The summed E-state index contributed by atoms with van der Waals surface area (Å²) >= 11 is 0. The minimum absolute atomic E-state index is 0. The molecule has 1 aromatic rings. The highest BCUT2D eigenvalue weighted by Gasteiger charge is 2.33. The van der Waals surface area contributed by atoms with E-state index >= 15 is 0 Å². The molecule has 3 rings (SSSR count). The van der Waals surface area contributed by atoms with Crippen LogP contribution in [-0.2, 0) is 0 Å². The lowest BCUT2D eigenvalue weighted by molar-refractivity contribution is 0.255. The van der Waals surface area contributed by atoms with Crippen LogP contribution in [0.15, 0.2) is 29.3 Å². The molecule has 5 nitrogen and oxygen atoms in total. The maximum atomic E-state index is 4.31. The summed E-state index contributed by atoms with van der Waals surface area (Å²) in [6.07, 6.45) is 2.43. The van der Waals surface area contributed by atoms with Crippen molar-refractivity contribution in [3.05, 3.63) is 29.8 Å². The number of hydrogen-bond acceptors (Lipinski definition) is 3.